The number of sulfone groups is 1. The Hall–Kier alpha value is -0.340. The highest BCUT2D eigenvalue weighted by Crippen LogP contribution is 2.28. The van der Waals surface area contributed by atoms with Gasteiger partial charge in [0, 0.05) is 19.6 Å². The zero-order chi connectivity index (χ0) is 14.1. The summed E-state index contributed by atoms with van der Waals surface area (Å²) in [6.07, 6.45) is -2.66. The molecule has 2 atom stereocenters. The standard InChI is InChI=1S/C11H19F3N2O2S/c12-11(13,14)10-7-15-4-2-5-16(10)8-9-3-1-6-19(9,17)18/h9-10,15H,1-8H2. The summed E-state index contributed by atoms with van der Waals surface area (Å²) in [5.41, 5.74) is 0. The summed E-state index contributed by atoms with van der Waals surface area (Å²) in [5.74, 6) is 0.112. The van der Waals surface area contributed by atoms with E-state index in [2.05, 4.69) is 5.32 Å². The largest absolute Gasteiger partial charge is 0.405 e. The number of halogens is 3. The topological polar surface area (TPSA) is 49.4 Å². The van der Waals surface area contributed by atoms with Crippen molar-refractivity contribution in [3.05, 3.63) is 0 Å². The van der Waals surface area contributed by atoms with Gasteiger partial charge in [0.05, 0.1) is 11.0 Å². The van der Waals surface area contributed by atoms with Gasteiger partial charge in [0.25, 0.3) is 0 Å². The molecule has 2 rings (SSSR count). The molecule has 0 aromatic heterocycles. The van der Waals surface area contributed by atoms with Crippen LogP contribution in [0.25, 0.3) is 0 Å². The normalized spacial score (nSPS) is 33.2. The fourth-order valence-electron chi connectivity index (χ4n) is 2.80. The van der Waals surface area contributed by atoms with Crippen LogP contribution in [-0.2, 0) is 9.84 Å². The van der Waals surface area contributed by atoms with Crippen LogP contribution in [0.3, 0.4) is 0 Å². The minimum Gasteiger partial charge on any atom is -0.315 e. The van der Waals surface area contributed by atoms with Crippen LogP contribution in [0.5, 0.6) is 0 Å². The zero-order valence-electron chi connectivity index (χ0n) is 10.6. The predicted molar refractivity (Wildman–Crippen MR) is 65.7 cm³/mol. The first kappa shape index (κ1) is 15.1. The molecule has 8 heteroatoms. The highest BCUT2D eigenvalue weighted by atomic mass is 32.2. The number of alkyl halides is 3. The van der Waals surface area contributed by atoms with E-state index in [4.69, 9.17) is 0 Å². The van der Waals surface area contributed by atoms with Crippen molar-refractivity contribution in [3.8, 4) is 0 Å². The Morgan fingerprint density at radius 3 is 2.58 bits per heavy atom. The molecular weight excluding hydrogens is 281 g/mol. The van der Waals surface area contributed by atoms with Crippen LogP contribution in [0.1, 0.15) is 19.3 Å². The second-order valence-corrected chi connectivity index (χ2v) is 7.64. The molecule has 1 N–H and O–H groups in total. The molecule has 19 heavy (non-hydrogen) atoms. The maximum Gasteiger partial charge on any atom is 0.405 e. The molecule has 2 aliphatic heterocycles. The highest BCUT2D eigenvalue weighted by Gasteiger charge is 2.45. The second-order valence-electron chi connectivity index (χ2n) is 5.24. The molecule has 0 saturated carbocycles. The van der Waals surface area contributed by atoms with Crippen molar-refractivity contribution in [2.45, 2.75) is 36.7 Å². The zero-order valence-corrected chi connectivity index (χ0v) is 11.4. The number of hydrogen-bond donors (Lipinski definition) is 1. The number of rotatable bonds is 2. The SMILES string of the molecule is O=S1(=O)CCCC1CN1CCCNCC1C(F)(F)F. The summed E-state index contributed by atoms with van der Waals surface area (Å²) in [6, 6.07) is -1.58. The van der Waals surface area contributed by atoms with E-state index in [9.17, 15) is 21.6 Å². The Bertz CT molecular complexity index is 411. The van der Waals surface area contributed by atoms with Gasteiger partial charge in [-0.1, -0.05) is 0 Å². The number of nitrogens with one attached hydrogen (secondary N) is 1. The Labute approximate surface area is 111 Å². The fourth-order valence-corrected chi connectivity index (χ4v) is 4.64. The molecule has 112 valence electrons. The van der Waals surface area contributed by atoms with E-state index in [1.54, 1.807) is 0 Å². The van der Waals surface area contributed by atoms with Crippen LogP contribution in [0, 0.1) is 0 Å². The third-order valence-electron chi connectivity index (χ3n) is 3.86. The average molecular weight is 300 g/mol. The molecule has 0 aromatic rings. The lowest BCUT2D eigenvalue weighted by Gasteiger charge is -2.32. The van der Waals surface area contributed by atoms with Gasteiger partial charge in [0.15, 0.2) is 9.84 Å². The molecule has 2 fully saturated rings. The summed E-state index contributed by atoms with van der Waals surface area (Å²) in [7, 11) is -3.20. The Balaban J connectivity index is 2.10. The fraction of sp³-hybridized carbons (Fsp3) is 1.00. The van der Waals surface area contributed by atoms with Crippen LogP contribution in [0.2, 0.25) is 0 Å². The lowest BCUT2D eigenvalue weighted by molar-refractivity contribution is -0.180. The van der Waals surface area contributed by atoms with Crippen molar-refractivity contribution < 1.29 is 21.6 Å². The molecular formula is C11H19F3N2O2S. The van der Waals surface area contributed by atoms with Crippen molar-refractivity contribution in [2.24, 2.45) is 0 Å². The van der Waals surface area contributed by atoms with E-state index in [0.29, 0.717) is 32.4 Å². The van der Waals surface area contributed by atoms with E-state index >= 15 is 0 Å². The van der Waals surface area contributed by atoms with Gasteiger partial charge in [0.1, 0.15) is 6.04 Å². The minimum atomic E-state index is -4.32. The van der Waals surface area contributed by atoms with Gasteiger partial charge in [-0.15, -0.1) is 0 Å². The molecule has 0 bridgehead atoms. The van der Waals surface area contributed by atoms with Crippen LogP contribution in [0.4, 0.5) is 13.2 Å². The van der Waals surface area contributed by atoms with Gasteiger partial charge < -0.3 is 5.32 Å². The monoisotopic (exact) mass is 300 g/mol. The van der Waals surface area contributed by atoms with E-state index in [-0.39, 0.29) is 18.8 Å². The highest BCUT2D eigenvalue weighted by molar-refractivity contribution is 7.92. The van der Waals surface area contributed by atoms with Crippen LogP contribution in [0.15, 0.2) is 0 Å². The lowest BCUT2D eigenvalue weighted by Crippen LogP contribution is -2.52. The van der Waals surface area contributed by atoms with E-state index in [1.165, 1.54) is 4.90 Å². The summed E-state index contributed by atoms with van der Waals surface area (Å²) in [5, 5.41) is 2.14. The smallest absolute Gasteiger partial charge is 0.315 e. The number of hydrogen-bond acceptors (Lipinski definition) is 4. The van der Waals surface area contributed by atoms with E-state index < -0.39 is 27.3 Å². The molecule has 0 radical (unpaired) electrons. The maximum atomic E-state index is 13.0. The van der Waals surface area contributed by atoms with Crippen LogP contribution in [-0.4, -0.2) is 62.7 Å². The Morgan fingerprint density at radius 2 is 2.00 bits per heavy atom. The molecule has 2 unspecified atom stereocenters. The van der Waals surface area contributed by atoms with Gasteiger partial charge in [0.2, 0.25) is 0 Å². The van der Waals surface area contributed by atoms with Crippen molar-refractivity contribution >= 4 is 9.84 Å². The summed E-state index contributed by atoms with van der Waals surface area (Å²) >= 11 is 0. The molecule has 2 aliphatic rings. The van der Waals surface area contributed by atoms with Gasteiger partial charge in [-0.25, -0.2) is 8.42 Å². The van der Waals surface area contributed by atoms with Gasteiger partial charge >= 0.3 is 6.18 Å². The quantitative estimate of drug-likeness (QED) is 0.819. The van der Waals surface area contributed by atoms with E-state index in [1.807, 2.05) is 0 Å². The summed E-state index contributed by atoms with van der Waals surface area (Å²) < 4.78 is 62.5. The molecule has 0 aromatic carbocycles. The number of nitrogens with zero attached hydrogens (tertiary/aromatic N) is 1. The third kappa shape index (κ3) is 3.61. The minimum absolute atomic E-state index is 0.00812. The van der Waals surface area contributed by atoms with Gasteiger partial charge in [-0.2, -0.15) is 13.2 Å². The molecule has 2 heterocycles. The lowest BCUT2D eigenvalue weighted by atomic mass is 10.2. The predicted octanol–water partition coefficient (Wildman–Crippen LogP) is 0.790. The van der Waals surface area contributed by atoms with E-state index in [0.717, 1.165) is 0 Å². The molecule has 2 saturated heterocycles. The third-order valence-corrected chi connectivity index (χ3v) is 6.11. The van der Waals surface area contributed by atoms with Crippen LogP contribution >= 0.6 is 0 Å². The van der Waals surface area contributed by atoms with Crippen molar-refractivity contribution in [1.82, 2.24) is 10.2 Å². The average Bonchev–Trinajstić information content (AvgIpc) is 2.51. The first-order valence-electron chi connectivity index (χ1n) is 6.54. The molecule has 0 aliphatic carbocycles. The molecule has 4 nitrogen and oxygen atoms in total. The summed E-state index contributed by atoms with van der Waals surface area (Å²) in [6.45, 7) is 0.689. The van der Waals surface area contributed by atoms with Gasteiger partial charge in [-0.3, -0.25) is 4.90 Å². The summed E-state index contributed by atoms with van der Waals surface area (Å²) in [4.78, 5) is 1.30. The maximum absolute atomic E-state index is 13.0. The first-order chi connectivity index (χ1) is 8.81. The second kappa shape index (κ2) is 5.57. The Kier molecular flexibility index (Phi) is 4.42. The van der Waals surface area contributed by atoms with Crippen molar-refractivity contribution in [2.75, 3.05) is 31.9 Å². The molecule has 0 spiro atoms. The Morgan fingerprint density at radius 1 is 1.26 bits per heavy atom. The van der Waals surface area contributed by atoms with Gasteiger partial charge in [-0.05, 0) is 25.8 Å². The van der Waals surface area contributed by atoms with Crippen LogP contribution < -0.4 is 5.32 Å². The molecule has 0 amide bonds. The van der Waals surface area contributed by atoms with Crippen molar-refractivity contribution in [1.29, 1.82) is 0 Å². The van der Waals surface area contributed by atoms with Crippen molar-refractivity contribution in [3.63, 3.8) is 0 Å². The first-order valence-corrected chi connectivity index (χ1v) is 8.25.